The van der Waals surface area contributed by atoms with Crippen LogP contribution in [0.5, 0.6) is 0 Å². The van der Waals surface area contributed by atoms with E-state index >= 15 is 0 Å². The van der Waals surface area contributed by atoms with Crippen LogP contribution >= 0.6 is 0 Å². The molecule has 0 bridgehead atoms. The van der Waals surface area contributed by atoms with Crippen molar-refractivity contribution in [1.82, 2.24) is 0 Å². The average Bonchev–Trinajstić information content (AvgIpc) is 2.89. The molecule has 0 amide bonds. The highest BCUT2D eigenvalue weighted by Gasteiger charge is 1.96. The van der Waals surface area contributed by atoms with Gasteiger partial charge in [-0.25, -0.2) is 0 Å². The number of terminal acetylenes is 1. The van der Waals surface area contributed by atoms with Gasteiger partial charge in [0.25, 0.3) is 0 Å². The molecule has 0 saturated carbocycles. The van der Waals surface area contributed by atoms with Crippen LogP contribution in [0.25, 0.3) is 0 Å². The molecule has 0 aromatic heterocycles. The fourth-order valence-corrected chi connectivity index (χ4v) is 2.56. The van der Waals surface area contributed by atoms with Gasteiger partial charge in [-0.3, -0.25) is 0 Å². The normalized spacial score (nSPS) is 11.2. The molecule has 36 heavy (non-hydrogen) atoms. The Morgan fingerprint density at radius 1 is 0.361 bits per heavy atom. The van der Waals surface area contributed by atoms with Crippen molar-refractivity contribution in [3.8, 4) is 12.3 Å². The molecular weight excluding hydrogens is 472 g/mol. The molecule has 0 saturated heterocycles. The monoisotopic (exact) mass is 522 g/mol. The Morgan fingerprint density at radius 2 is 0.611 bits per heavy atom. The van der Waals surface area contributed by atoms with Crippen molar-refractivity contribution >= 4 is 0 Å². The SMILES string of the molecule is C#CCOCCOCCOCCOCCOCCOCCOCCOCCOCCOCCCCC. The van der Waals surface area contributed by atoms with Gasteiger partial charge in [0.15, 0.2) is 0 Å². The first kappa shape index (κ1) is 35.2. The third-order valence-electron chi connectivity index (χ3n) is 4.43. The van der Waals surface area contributed by atoms with Gasteiger partial charge >= 0.3 is 0 Å². The van der Waals surface area contributed by atoms with E-state index in [1.165, 1.54) is 12.8 Å². The maximum atomic E-state index is 5.47. The maximum absolute atomic E-state index is 5.47. The lowest BCUT2D eigenvalue weighted by Gasteiger charge is -2.09. The lowest BCUT2D eigenvalue weighted by Crippen LogP contribution is -2.15. The molecule has 0 aromatic rings. The Hall–Kier alpha value is -0.840. The zero-order valence-corrected chi connectivity index (χ0v) is 22.4. The minimum Gasteiger partial charge on any atom is -0.379 e. The van der Waals surface area contributed by atoms with Crippen LogP contribution < -0.4 is 0 Å². The van der Waals surface area contributed by atoms with Gasteiger partial charge in [0.05, 0.1) is 119 Å². The highest BCUT2D eigenvalue weighted by molar-refractivity contribution is 4.82. The molecule has 10 heteroatoms. The summed E-state index contributed by atoms with van der Waals surface area (Å²) in [4.78, 5) is 0. The Kier molecular flexibility index (Phi) is 33.4. The van der Waals surface area contributed by atoms with Crippen molar-refractivity contribution in [2.45, 2.75) is 26.2 Å². The minimum absolute atomic E-state index is 0.313. The molecule has 0 aliphatic carbocycles. The third-order valence-corrected chi connectivity index (χ3v) is 4.43. The predicted molar refractivity (Wildman–Crippen MR) is 137 cm³/mol. The summed E-state index contributed by atoms with van der Waals surface area (Å²) in [7, 11) is 0. The predicted octanol–water partition coefficient (Wildman–Crippen LogP) is 1.98. The summed E-state index contributed by atoms with van der Waals surface area (Å²) < 4.78 is 54.0. The van der Waals surface area contributed by atoms with Gasteiger partial charge in [-0.05, 0) is 6.42 Å². The van der Waals surface area contributed by atoms with E-state index in [-0.39, 0.29) is 0 Å². The third kappa shape index (κ3) is 33.2. The summed E-state index contributed by atoms with van der Waals surface area (Å²) in [5.41, 5.74) is 0. The van der Waals surface area contributed by atoms with Gasteiger partial charge in [0.2, 0.25) is 0 Å². The number of hydrogen-bond donors (Lipinski definition) is 0. The van der Waals surface area contributed by atoms with E-state index in [1.807, 2.05) is 0 Å². The first-order chi connectivity index (χ1) is 17.9. The molecule has 0 unspecified atom stereocenters. The van der Waals surface area contributed by atoms with Crippen molar-refractivity contribution in [2.24, 2.45) is 0 Å². The fourth-order valence-electron chi connectivity index (χ4n) is 2.56. The van der Waals surface area contributed by atoms with Gasteiger partial charge < -0.3 is 47.4 Å². The summed E-state index contributed by atoms with van der Waals surface area (Å²) >= 11 is 0. The van der Waals surface area contributed by atoms with E-state index in [1.54, 1.807) is 0 Å². The van der Waals surface area contributed by atoms with E-state index in [2.05, 4.69) is 12.8 Å². The molecule has 0 heterocycles. The second-order valence-electron chi connectivity index (χ2n) is 7.48. The fraction of sp³-hybridized carbons (Fsp3) is 0.923. The highest BCUT2D eigenvalue weighted by Crippen LogP contribution is 1.94. The van der Waals surface area contributed by atoms with Gasteiger partial charge in [0.1, 0.15) is 6.61 Å². The largest absolute Gasteiger partial charge is 0.379 e. The smallest absolute Gasteiger partial charge is 0.107 e. The van der Waals surface area contributed by atoms with Gasteiger partial charge in [-0.2, -0.15) is 0 Å². The first-order valence-corrected chi connectivity index (χ1v) is 13.1. The summed E-state index contributed by atoms with van der Waals surface area (Å²) in [5, 5.41) is 0. The Balaban J connectivity index is 3.01. The zero-order valence-electron chi connectivity index (χ0n) is 22.4. The van der Waals surface area contributed by atoms with Crippen molar-refractivity contribution in [3.63, 3.8) is 0 Å². The number of hydrogen-bond acceptors (Lipinski definition) is 10. The standard InChI is InChI=1S/C26H50O10/c1-3-5-6-8-28-10-12-30-14-16-32-18-20-34-22-24-36-26-25-35-23-21-33-19-17-31-15-13-29-11-9-27-7-4-2/h2H,3,5-26H2,1H3. The molecule has 0 fully saturated rings. The quantitative estimate of drug-likeness (QED) is 0.0965. The molecule has 0 atom stereocenters. The molecule has 0 radical (unpaired) electrons. The lowest BCUT2D eigenvalue weighted by molar-refractivity contribution is -0.0261. The van der Waals surface area contributed by atoms with E-state index < -0.39 is 0 Å². The van der Waals surface area contributed by atoms with Crippen molar-refractivity contribution in [2.75, 3.05) is 132 Å². The van der Waals surface area contributed by atoms with Crippen molar-refractivity contribution in [1.29, 1.82) is 0 Å². The molecule has 0 aliphatic heterocycles. The summed E-state index contributed by atoms with van der Waals surface area (Å²) in [6.07, 6.45) is 8.62. The number of ether oxygens (including phenoxy) is 10. The van der Waals surface area contributed by atoms with Crippen LogP contribution in [-0.4, -0.2) is 132 Å². The van der Waals surface area contributed by atoms with Crippen LogP contribution in [0.3, 0.4) is 0 Å². The highest BCUT2D eigenvalue weighted by atomic mass is 16.6. The van der Waals surface area contributed by atoms with Gasteiger partial charge in [-0.1, -0.05) is 25.7 Å². The second kappa shape index (κ2) is 34.2. The summed E-state index contributed by atoms with van der Waals surface area (Å²) in [5.74, 6) is 2.40. The molecule has 0 N–H and O–H groups in total. The molecular formula is C26H50O10. The van der Waals surface area contributed by atoms with Crippen LogP contribution in [0.15, 0.2) is 0 Å². The Morgan fingerprint density at radius 3 is 0.861 bits per heavy atom. The maximum Gasteiger partial charge on any atom is 0.107 e. The minimum atomic E-state index is 0.313. The van der Waals surface area contributed by atoms with Crippen LogP contribution in [-0.2, 0) is 47.4 Å². The molecule has 0 rings (SSSR count). The Bertz CT molecular complexity index is 433. The summed E-state index contributed by atoms with van der Waals surface area (Å²) in [6.45, 7) is 13.0. The van der Waals surface area contributed by atoms with E-state index in [0.717, 1.165) is 13.0 Å². The summed E-state index contributed by atoms with van der Waals surface area (Å²) in [6, 6.07) is 0. The van der Waals surface area contributed by atoms with Crippen molar-refractivity contribution in [3.05, 3.63) is 0 Å². The van der Waals surface area contributed by atoms with Crippen LogP contribution in [0.4, 0.5) is 0 Å². The van der Waals surface area contributed by atoms with E-state index in [0.29, 0.717) is 126 Å². The zero-order chi connectivity index (χ0) is 26.0. The molecule has 0 aliphatic rings. The first-order valence-electron chi connectivity index (χ1n) is 13.1. The lowest BCUT2D eigenvalue weighted by atomic mass is 10.3. The van der Waals surface area contributed by atoms with Gasteiger partial charge in [-0.15, -0.1) is 6.42 Å². The Labute approximate surface area is 218 Å². The topological polar surface area (TPSA) is 92.3 Å². The van der Waals surface area contributed by atoms with E-state index in [9.17, 15) is 0 Å². The average molecular weight is 523 g/mol. The van der Waals surface area contributed by atoms with Crippen molar-refractivity contribution < 1.29 is 47.4 Å². The number of rotatable bonds is 32. The van der Waals surface area contributed by atoms with Gasteiger partial charge in [0, 0.05) is 6.61 Å². The van der Waals surface area contributed by atoms with Crippen LogP contribution in [0.2, 0.25) is 0 Å². The molecule has 214 valence electrons. The molecule has 0 aromatic carbocycles. The molecule has 10 nitrogen and oxygen atoms in total. The second-order valence-corrected chi connectivity index (χ2v) is 7.48. The molecule has 0 spiro atoms. The van der Waals surface area contributed by atoms with Crippen LogP contribution in [0, 0.1) is 12.3 Å². The number of unbranched alkanes of at least 4 members (excludes halogenated alkanes) is 2. The van der Waals surface area contributed by atoms with E-state index in [4.69, 9.17) is 53.8 Å². The van der Waals surface area contributed by atoms with Crippen LogP contribution in [0.1, 0.15) is 26.2 Å².